The van der Waals surface area contributed by atoms with Gasteiger partial charge in [0.1, 0.15) is 17.6 Å². The molecule has 1 aromatic heterocycles. The molecule has 0 spiro atoms. The van der Waals surface area contributed by atoms with Crippen molar-refractivity contribution in [1.29, 1.82) is 5.26 Å². The summed E-state index contributed by atoms with van der Waals surface area (Å²) in [5, 5.41) is 12.4. The van der Waals surface area contributed by atoms with E-state index < -0.39 is 0 Å². The van der Waals surface area contributed by atoms with Crippen LogP contribution in [-0.2, 0) is 0 Å². The summed E-state index contributed by atoms with van der Waals surface area (Å²) < 4.78 is 10.9. The van der Waals surface area contributed by atoms with Crippen molar-refractivity contribution in [3.63, 3.8) is 0 Å². The summed E-state index contributed by atoms with van der Waals surface area (Å²) in [5.41, 5.74) is 4.20. The number of rotatable bonds is 6. The Hall–Kier alpha value is -3.79. The Kier molecular flexibility index (Phi) is 8.48. The first-order valence-corrected chi connectivity index (χ1v) is 11.3. The summed E-state index contributed by atoms with van der Waals surface area (Å²) in [4.78, 5) is 11.3. The van der Waals surface area contributed by atoms with E-state index in [4.69, 9.17) is 14.7 Å². The minimum absolute atomic E-state index is 0.480. The molecule has 0 radical (unpaired) electrons. The molecule has 172 valence electrons. The van der Waals surface area contributed by atoms with Crippen molar-refractivity contribution in [2.75, 3.05) is 37.5 Å². The maximum absolute atomic E-state index is 9.15. The fraction of sp³-hybridized carbons (Fsp3) is 0.346. The smallest absolute Gasteiger partial charge is 0.227 e. The van der Waals surface area contributed by atoms with Crippen LogP contribution >= 0.6 is 0 Å². The number of piperidine rings is 1. The Labute approximate surface area is 196 Å². The van der Waals surface area contributed by atoms with E-state index in [1.807, 2.05) is 32.0 Å². The highest BCUT2D eigenvalue weighted by Crippen LogP contribution is 2.33. The van der Waals surface area contributed by atoms with Gasteiger partial charge in [0.05, 0.1) is 25.5 Å². The Morgan fingerprint density at radius 2 is 1.58 bits per heavy atom. The molecule has 0 atom stereocenters. The molecule has 7 heteroatoms. The molecule has 1 saturated heterocycles. The van der Waals surface area contributed by atoms with Gasteiger partial charge in [-0.05, 0) is 49.1 Å². The number of ether oxygens (including phenoxy) is 2. The van der Waals surface area contributed by atoms with Crippen LogP contribution in [0.15, 0.2) is 48.8 Å². The van der Waals surface area contributed by atoms with Crippen LogP contribution in [0, 0.1) is 11.3 Å². The number of nitriles is 1. The molecular weight excluding hydrogens is 414 g/mol. The number of benzene rings is 2. The lowest BCUT2D eigenvalue weighted by atomic mass is 10.1. The summed E-state index contributed by atoms with van der Waals surface area (Å²) >= 11 is 0. The molecule has 1 fully saturated rings. The molecule has 0 aliphatic carbocycles. The van der Waals surface area contributed by atoms with E-state index in [-0.39, 0.29) is 0 Å². The summed E-state index contributed by atoms with van der Waals surface area (Å²) in [5.74, 6) is 1.77. The number of hydrogen-bond donors (Lipinski definition) is 1. The predicted molar refractivity (Wildman–Crippen MR) is 132 cm³/mol. The third-order valence-electron chi connectivity index (χ3n) is 5.46. The van der Waals surface area contributed by atoms with Gasteiger partial charge in [0.2, 0.25) is 5.95 Å². The third kappa shape index (κ3) is 5.72. The number of hydrogen-bond acceptors (Lipinski definition) is 7. The van der Waals surface area contributed by atoms with E-state index in [0.717, 1.165) is 35.7 Å². The van der Waals surface area contributed by atoms with Gasteiger partial charge in [0, 0.05) is 42.8 Å². The SMILES string of the molecule is CC.COc1cc(-c2cnc(Nc3ccc(N4CCCCC4)cc3OC)nc2)ccc1C#N. The van der Waals surface area contributed by atoms with Crippen molar-refractivity contribution < 1.29 is 9.47 Å². The van der Waals surface area contributed by atoms with Gasteiger partial charge >= 0.3 is 0 Å². The van der Waals surface area contributed by atoms with Gasteiger partial charge in [-0.25, -0.2) is 9.97 Å². The van der Waals surface area contributed by atoms with Crippen LogP contribution in [0.25, 0.3) is 11.1 Å². The Morgan fingerprint density at radius 3 is 2.21 bits per heavy atom. The zero-order valence-corrected chi connectivity index (χ0v) is 19.8. The Morgan fingerprint density at radius 1 is 0.879 bits per heavy atom. The van der Waals surface area contributed by atoms with E-state index >= 15 is 0 Å². The molecule has 0 bridgehead atoms. The second-order valence-electron chi connectivity index (χ2n) is 7.38. The minimum atomic E-state index is 0.480. The minimum Gasteiger partial charge on any atom is -0.495 e. The number of nitrogens with zero attached hydrogens (tertiary/aromatic N) is 4. The van der Waals surface area contributed by atoms with E-state index in [1.54, 1.807) is 32.7 Å². The molecule has 0 saturated carbocycles. The Balaban J connectivity index is 0.00000149. The van der Waals surface area contributed by atoms with Crippen LogP contribution in [0.2, 0.25) is 0 Å². The second kappa shape index (κ2) is 11.7. The third-order valence-corrected chi connectivity index (χ3v) is 5.46. The average molecular weight is 446 g/mol. The highest BCUT2D eigenvalue weighted by atomic mass is 16.5. The quantitative estimate of drug-likeness (QED) is 0.514. The van der Waals surface area contributed by atoms with Crippen molar-refractivity contribution in [2.45, 2.75) is 33.1 Å². The van der Waals surface area contributed by atoms with Gasteiger partial charge < -0.3 is 19.7 Å². The van der Waals surface area contributed by atoms with E-state index in [2.05, 4.69) is 38.4 Å². The predicted octanol–water partition coefficient (Wildman–Crippen LogP) is 5.79. The first kappa shape index (κ1) is 23.9. The first-order chi connectivity index (χ1) is 16.2. The van der Waals surface area contributed by atoms with E-state index in [0.29, 0.717) is 17.3 Å². The van der Waals surface area contributed by atoms with Crippen LogP contribution in [0.4, 0.5) is 17.3 Å². The van der Waals surface area contributed by atoms with E-state index in [1.165, 1.54) is 24.9 Å². The molecule has 2 aromatic carbocycles. The summed E-state index contributed by atoms with van der Waals surface area (Å²) in [6.45, 7) is 6.17. The maximum atomic E-state index is 9.15. The second-order valence-corrected chi connectivity index (χ2v) is 7.38. The summed E-state index contributed by atoms with van der Waals surface area (Å²) in [7, 11) is 3.22. The van der Waals surface area contributed by atoms with Gasteiger partial charge in [0.25, 0.3) is 0 Å². The number of anilines is 3. The molecule has 0 unspecified atom stereocenters. The van der Waals surface area contributed by atoms with E-state index in [9.17, 15) is 0 Å². The number of aromatic nitrogens is 2. The molecule has 1 aliphatic rings. The van der Waals surface area contributed by atoms with Gasteiger partial charge in [-0.1, -0.05) is 19.9 Å². The Bertz CT molecular complexity index is 1090. The molecule has 2 heterocycles. The van der Waals surface area contributed by atoms with Crippen LogP contribution in [0.5, 0.6) is 11.5 Å². The van der Waals surface area contributed by atoms with Crippen molar-refractivity contribution in [3.8, 4) is 28.7 Å². The maximum Gasteiger partial charge on any atom is 0.227 e. The van der Waals surface area contributed by atoms with Crippen LogP contribution < -0.4 is 19.7 Å². The highest BCUT2D eigenvalue weighted by molar-refractivity contribution is 5.70. The standard InChI is InChI=1S/C24H25N5O2.C2H6/c1-30-22-12-17(6-7-18(22)14-25)19-15-26-24(27-16-19)28-21-9-8-20(13-23(21)31-2)29-10-4-3-5-11-29;1-2/h6-9,12-13,15-16H,3-5,10-11H2,1-2H3,(H,26,27,28);1-2H3. The van der Waals surface area contributed by atoms with Crippen molar-refractivity contribution >= 4 is 17.3 Å². The largest absolute Gasteiger partial charge is 0.495 e. The molecule has 3 aromatic rings. The van der Waals surface area contributed by atoms with Crippen molar-refractivity contribution in [1.82, 2.24) is 9.97 Å². The van der Waals surface area contributed by atoms with Crippen LogP contribution in [0.3, 0.4) is 0 Å². The molecular formula is C26H31N5O2. The normalized spacial score (nSPS) is 12.8. The lowest BCUT2D eigenvalue weighted by Gasteiger charge is -2.29. The van der Waals surface area contributed by atoms with Crippen LogP contribution in [-0.4, -0.2) is 37.3 Å². The van der Waals surface area contributed by atoms with Gasteiger partial charge in [-0.15, -0.1) is 0 Å². The van der Waals surface area contributed by atoms with Gasteiger partial charge in [0.15, 0.2) is 0 Å². The molecule has 33 heavy (non-hydrogen) atoms. The monoisotopic (exact) mass is 445 g/mol. The fourth-order valence-electron chi connectivity index (χ4n) is 3.76. The van der Waals surface area contributed by atoms with Crippen LogP contribution in [0.1, 0.15) is 38.7 Å². The first-order valence-electron chi connectivity index (χ1n) is 11.3. The highest BCUT2D eigenvalue weighted by Gasteiger charge is 2.14. The van der Waals surface area contributed by atoms with Gasteiger partial charge in [-0.2, -0.15) is 5.26 Å². The molecule has 1 N–H and O–H groups in total. The lowest BCUT2D eigenvalue weighted by molar-refractivity contribution is 0.413. The zero-order valence-electron chi connectivity index (χ0n) is 19.8. The zero-order chi connectivity index (χ0) is 23.6. The molecule has 0 amide bonds. The summed E-state index contributed by atoms with van der Waals surface area (Å²) in [6.07, 6.45) is 7.24. The van der Waals surface area contributed by atoms with Crippen molar-refractivity contribution in [2.24, 2.45) is 0 Å². The number of methoxy groups -OCH3 is 2. The average Bonchev–Trinajstić information content (AvgIpc) is 2.90. The molecule has 4 rings (SSSR count). The fourth-order valence-corrected chi connectivity index (χ4v) is 3.76. The topological polar surface area (TPSA) is 83.3 Å². The number of nitrogens with one attached hydrogen (secondary N) is 1. The van der Waals surface area contributed by atoms with Gasteiger partial charge in [-0.3, -0.25) is 0 Å². The summed E-state index contributed by atoms with van der Waals surface area (Å²) in [6, 6.07) is 13.7. The lowest BCUT2D eigenvalue weighted by Crippen LogP contribution is -2.29. The molecule has 1 aliphatic heterocycles. The molecule has 7 nitrogen and oxygen atoms in total. The van der Waals surface area contributed by atoms with Crippen molar-refractivity contribution in [3.05, 3.63) is 54.4 Å².